The molecule has 3 nitrogen and oxygen atoms in total. The molecular formula is C23H24N2OS. The van der Waals surface area contributed by atoms with Crippen molar-refractivity contribution in [3.05, 3.63) is 95.6 Å². The van der Waals surface area contributed by atoms with Crippen LogP contribution in [0.2, 0.25) is 0 Å². The van der Waals surface area contributed by atoms with Crippen LogP contribution < -0.4 is 0 Å². The molecule has 0 aliphatic rings. The van der Waals surface area contributed by atoms with Crippen LogP contribution >= 0.6 is 11.8 Å². The van der Waals surface area contributed by atoms with Gasteiger partial charge in [0.05, 0.1) is 0 Å². The molecule has 0 bridgehead atoms. The molecular weight excluding hydrogens is 352 g/mol. The molecule has 0 fully saturated rings. The van der Waals surface area contributed by atoms with Gasteiger partial charge in [-0.2, -0.15) is 0 Å². The van der Waals surface area contributed by atoms with E-state index in [0.717, 1.165) is 23.4 Å². The number of phenols is 1. The number of nitrogens with zero attached hydrogens (tertiary/aromatic N) is 1. The number of nitrogens with one attached hydrogen (secondary N) is 1. The van der Waals surface area contributed by atoms with Crippen molar-refractivity contribution in [2.24, 2.45) is 0 Å². The van der Waals surface area contributed by atoms with Crippen LogP contribution in [0.1, 0.15) is 16.7 Å². The molecule has 0 unspecified atom stereocenters. The van der Waals surface area contributed by atoms with Crippen LogP contribution in [0.15, 0.2) is 83.8 Å². The fraction of sp³-hybridized carbons (Fsp3) is 0.174. The Morgan fingerprint density at radius 1 is 0.889 bits per heavy atom. The lowest BCUT2D eigenvalue weighted by Crippen LogP contribution is -2.29. The lowest BCUT2D eigenvalue weighted by molar-refractivity contribution is 0.421. The summed E-state index contributed by atoms with van der Waals surface area (Å²) in [4.78, 5) is 3.16. The number of hydrogen-bond donors (Lipinski definition) is 2. The third kappa shape index (κ3) is 5.90. The molecule has 0 spiro atoms. The highest BCUT2D eigenvalue weighted by atomic mass is 32.2. The van der Waals surface area contributed by atoms with Crippen LogP contribution in [0.3, 0.4) is 0 Å². The van der Waals surface area contributed by atoms with Gasteiger partial charge in [0.25, 0.3) is 0 Å². The van der Waals surface area contributed by atoms with Crippen LogP contribution in [0.5, 0.6) is 5.75 Å². The van der Waals surface area contributed by atoms with Crippen molar-refractivity contribution in [3.63, 3.8) is 0 Å². The summed E-state index contributed by atoms with van der Waals surface area (Å²) in [6, 6.07) is 25.8. The zero-order valence-corrected chi connectivity index (χ0v) is 16.2. The number of rotatable bonds is 6. The minimum Gasteiger partial charge on any atom is -0.508 e. The monoisotopic (exact) mass is 376 g/mol. The highest BCUT2D eigenvalue weighted by Crippen LogP contribution is 2.23. The molecule has 0 aliphatic carbocycles. The van der Waals surface area contributed by atoms with E-state index in [4.69, 9.17) is 5.41 Å². The number of amidine groups is 1. The molecule has 4 heteroatoms. The Bertz CT molecular complexity index is 861. The molecule has 0 heterocycles. The SMILES string of the molecule is Cc1ccc(SC(=N)N(CCc2ccccc2)Cc2ccc(O)cc2)cc1. The number of hydrogen-bond acceptors (Lipinski definition) is 3. The summed E-state index contributed by atoms with van der Waals surface area (Å²) in [6.07, 6.45) is 0.885. The predicted molar refractivity (Wildman–Crippen MR) is 113 cm³/mol. The van der Waals surface area contributed by atoms with Crippen molar-refractivity contribution >= 4 is 16.9 Å². The number of phenolic OH excluding ortho intramolecular Hbond substituents is 1. The lowest BCUT2D eigenvalue weighted by Gasteiger charge is -2.25. The Hall–Kier alpha value is -2.72. The summed E-state index contributed by atoms with van der Waals surface area (Å²) >= 11 is 1.48. The Balaban J connectivity index is 1.71. The van der Waals surface area contributed by atoms with Crippen LogP contribution in [0, 0.1) is 12.3 Å². The van der Waals surface area contributed by atoms with Gasteiger partial charge in [-0.1, -0.05) is 71.9 Å². The molecule has 2 N–H and O–H groups in total. The maximum Gasteiger partial charge on any atom is 0.161 e. The summed E-state index contributed by atoms with van der Waals surface area (Å²) in [6.45, 7) is 3.48. The maximum absolute atomic E-state index is 9.51. The van der Waals surface area contributed by atoms with E-state index in [0.29, 0.717) is 11.7 Å². The Morgan fingerprint density at radius 2 is 1.56 bits per heavy atom. The first-order chi connectivity index (χ1) is 13.1. The molecule has 3 rings (SSSR count). The highest BCUT2D eigenvalue weighted by Gasteiger charge is 2.13. The smallest absolute Gasteiger partial charge is 0.161 e. The largest absolute Gasteiger partial charge is 0.508 e. The van der Waals surface area contributed by atoms with E-state index in [-0.39, 0.29) is 5.75 Å². The van der Waals surface area contributed by atoms with Crippen molar-refractivity contribution < 1.29 is 5.11 Å². The number of thioether (sulfide) groups is 1. The second kappa shape index (κ2) is 9.28. The van der Waals surface area contributed by atoms with Gasteiger partial charge in [0.15, 0.2) is 5.17 Å². The lowest BCUT2D eigenvalue weighted by atomic mass is 10.1. The minimum atomic E-state index is 0.263. The average molecular weight is 377 g/mol. The quantitative estimate of drug-likeness (QED) is 0.340. The van der Waals surface area contributed by atoms with Crippen LogP contribution in [0.25, 0.3) is 0 Å². The summed E-state index contributed by atoms with van der Waals surface area (Å²) in [5.41, 5.74) is 3.56. The van der Waals surface area contributed by atoms with Crippen LogP contribution in [0.4, 0.5) is 0 Å². The van der Waals surface area contributed by atoms with Gasteiger partial charge in [-0.05, 0) is 48.7 Å². The zero-order chi connectivity index (χ0) is 19.1. The number of benzene rings is 3. The van der Waals surface area contributed by atoms with Gasteiger partial charge in [0.1, 0.15) is 5.75 Å². The van der Waals surface area contributed by atoms with E-state index in [1.165, 1.54) is 22.9 Å². The van der Waals surface area contributed by atoms with Crippen LogP contribution in [-0.2, 0) is 13.0 Å². The second-order valence-corrected chi connectivity index (χ2v) is 7.61. The first-order valence-corrected chi connectivity index (χ1v) is 9.81. The molecule has 0 saturated carbocycles. The average Bonchev–Trinajstić information content (AvgIpc) is 2.69. The van der Waals surface area contributed by atoms with E-state index < -0.39 is 0 Å². The van der Waals surface area contributed by atoms with Gasteiger partial charge in [0.2, 0.25) is 0 Å². The molecule has 138 valence electrons. The van der Waals surface area contributed by atoms with Crippen molar-refractivity contribution in [1.82, 2.24) is 4.90 Å². The van der Waals surface area contributed by atoms with Gasteiger partial charge in [-0.25, -0.2) is 0 Å². The molecule has 3 aromatic rings. The molecule has 0 aromatic heterocycles. The minimum absolute atomic E-state index is 0.263. The van der Waals surface area contributed by atoms with E-state index in [9.17, 15) is 5.11 Å². The Kier molecular flexibility index (Phi) is 6.55. The molecule has 0 saturated heterocycles. The Labute approximate surface area is 165 Å². The molecule has 0 radical (unpaired) electrons. The fourth-order valence-corrected chi connectivity index (χ4v) is 3.55. The normalized spacial score (nSPS) is 10.6. The van der Waals surface area contributed by atoms with E-state index in [1.807, 2.05) is 30.3 Å². The summed E-state index contributed by atoms with van der Waals surface area (Å²) < 4.78 is 0. The summed E-state index contributed by atoms with van der Waals surface area (Å²) in [7, 11) is 0. The first-order valence-electron chi connectivity index (χ1n) is 9.00. The third-order valence-electron chi connectivity index (χ3n) is 4.35. The summed E-state index contributed by atoms with van der Waals surface area (Å²) in [5, 5.41) is 18.7. The highest BCUT2D eigenvalue weighted by molar-refractivity contribution is 8.13. The van der Waals surface area contributed by atoms with Crippen LogP contribution in [-0.4, -0.2) is 21.7 Å². The van der Waals surface area contributed by atoms with Gasteiger partial charge in [0, 0.05) is 18.0 Å². The van der Waals surface area contributed by atoms with E-state index in [1.54, 1.807) is 12.1 Å². The maximum atomic E-state index is 9.51. The molecule has 0 amide bonds. The zero-order valence-electron chi connectivity index (χ0n) is 15.4. The standard InChI is InChI=1S/C23H24N2OS/c1-18-7-13-22(14-8-18)27-23(24)25(16-15-19-5-3-2-4-6-19)17-20-9-11-21(26)12-10-20/h2-14,24,26H,15-17H2,1H3. The summed E-state index contributed by atoms with van der Waals surface area (Å²) in [5.74, 6) is 0.263. The van der Waals surface area contributed by atoms with Crippen molar-refractivity contribution in [1.29, 1.82) is 5.41 Å². The fourth-order valence-electron chi connectivity index (χ4n) is 2.77. The molecule has 0 aliphatic heterocycles. The number of aryl methyl sites for hydroxylation is 1. The second-order valence-electron chi connectivity index (χ2n) is 6.54. The van der Waals surface area contributed by atoms with E-state index in [2.05, 4.69) is 48.2 Å². The molecule has 27 heavy (non-hydrogen) atoms. The van der Waals surface area contributed by atoms with Gasteiger partial charge in [-0.15, -0.1) is 0 Å². The molecule has 3 aromatic carbocycles. The van der Waals surface area contributed by atoms with Crippen molar-refractivity contribution in [2.45, 2.75) is 24.8 Å². The number of aromatic hydroxyl groups is 1. The molecule has 0 atom stereocenters. The van der Waals surface area contributed by atoms with Crippen molar-refractivity contribution in [2.75, 3.05) is 6.54 Å². The van der Waals surface area contributed by atoms with Gasteiger partial charge in [-0.3, -0.25) is 5.41 Å². The first kappa shape index (κ1) is 19.1. The van der Waals surface area contributed by atoms with Gasteiger partial charge < -0.3 is 10.0 Å². The topological polar surface area (TPSA) is 47.3 Å². The van der Waals surface area contributed by atoms with Crippen molar-refractivity contribution in [3.8, 4) is 5.75 Å². The Morgan fingerprint density at radius 3 is 2.22 bits per heavy atom. The predicted octanol–water partition coefficient (Wildman–Crippen LogP) is 5.47. The van der Waals surface area contributed by atoms with Gasteiger partial charge >= 0.3 is 0 Å². The third-order valence-corrected chi connectivity index (χ3v) is 5.31. The van der Waals surface area contributed by atoms with E-state index >= 15 is 0 Å².